The second-order valence-electron chi connectivity index (χ2n) is 10.6. The van der Waals surface area contributed by atoms with Crippen LogP contribution in [-0.4, -0.2) is 43.9 Å². The van der Waals surface area contributed by atoms with Crippen LogP contribution in [0.5, 0.6) is 0 Å². The number of carbonyl (C=O) groups is 1. The van der Waals surface area contributed by atoms with Gasteiger partial charge in [-0.05, 0) is 47.6 Å². The zero-order valence-electron chi connectivity index (χ0n) is 22.4. The highest BCUT2D eigenvalue weighted by atomic mass is 16.5. The number of ether oxygens (including phenoxy) is 1. The van der Waals surface area contributed by atoms with Crippen molar-refractivity contribution in [1.82, 2.24) is 24.9 Å². The number of anilines is 1. The van der Waals surface area contributed by atoms with Crippen LogP contribution in [0.3, 0.4) is 0 Å². The number of para-hydroxylation sites is 1. The molecular weight excluding hydrogens is 480 g/mol. The molecule has 0 radical (unpaired) electrons. The molecule has 9 heteroatoms. The SMILES string of the molecule is COCc1ccc2c(c1)C(NC(=O)Nc1c(C)c(-c3cnn(C)c3)nn1-c1ccccc1)C(O)CC2(C)C. The minimum absolute atomic E-state index is 0.226. The lowest BCUT2D eigenvalue weighted by Gasteiger charge is -2.41. The van der Waals surface area contributed by atoms with Crippen LogP contribution in [0, 0.1) is 6.92 Å². The number of fused-ring (bicyclic) bond motifs is 1. The molecule has 9 nitrogen and oxygen atoms in total. The number of hydrogen-bond donors (Lipinski definition) is 3. The van der Waals surface area contributed by atoms with Gasteiger partial charge in [0.05, 0.1) is 30.6 Å². The lowest BCUT2D eigenvalue weighted by atomic mass is 9.69. The summed E-state index contributed by atoms with van der Waals surface area (Å²) in [6.07, 6.45) is 3.43. The molecule has 4 aromatic rings. The Hall–Kier alpha value is -3.95. The van der Waals surface area contributed by atoms with Crippen molar-refractivity contribution < 1.29 is 14.6 Å². The van der Waals surface area contributed by atoms with Crippen LogP contribution in [0.1, 0.15) is 48.6 Å². The Morgan fingerprint density at radius 2 is 1.97 bits per heavy atom. The Morgan fingerprint density at radius 1 is 1.21 bits per heavy atom. The molecule has 0 aliphatic heterocycles. The summed E-state index contributed by atoms with van der Waals surface area (Å²) >= 11 is 0. The van der Waals surface area contributed by atoms with Crippen LogP contribution in [0.25, 0.3) is 16.9 Å². The van der Waals surface area contributed by atoms with Gasteiger partial charge in [0, 0.05) is 31.5 Å². The molecule has 2 atom stereocenters. The first kappa shape index (κ1) is 25.7. The van der Waals surface area contributed by atoms with E-state index >= 15 is 0 Å². The fourth-order valence-electron chi connectivity index (χ4n) is 5.38. The average molecular weight is 515 g/mol. The van der Waals surface area contributed by atoms with Crippen molar-refractivity contribution in [3.05, 3.63) is 83.2 Å². The van der Waals surface area contributed by atoms with E-state index in [0.717, 1.165) is 39.2 Å². The second kappa shape index (κ2) is 10.1. The second-order valence-corrected chi connectivity index (χ2v) is 10.6. The number of nitrogens with one attached hydrogen (secondary N) is 2. The van der Waals surface area contributed by atoms with Gasteiger partial charge in [0.1, 0.15) is 11.5 Å². The standard InChI is InChI=1S/C29H34N6O3/c1-18-25(20-15-30-34(4)16-20)33-35(21-9-7-6-8-10-21)27(18)32-28(37)31-26-22-13-19(17-38-5)11-12-23(22)29(2,3)14-24(26)36/h6-13,15-16,24,26,36H,14,17H2,1-5H3,(H2,31,32,37). The van der Waals surface area contributed by atoms with E-state index in [-0.39, 0.29) is 5.41 Å². The lowest BCUT2D eigenvalue weighted by molar-refractivity contribution is 0.0880. The number of amides is 2. The summed E-state index contributed by atoms with van der Waals surface area (Å²) in [4.78, 5) is 13.5. The number of benzene rings is 2. The molecule has 2 amide bonds. The van der Waals surface area contributed by atoms with E-state index in [4.69, 9.17) is 9.84 Å². The predicted molar refractivity (Wildman–Crippen MR) is 146 cm³/mol. The first-order valence-electron chi connectivity index (χ1n) is 12.7. The van der Waals surface area contributed by atoms with E-state index in [1.807, 2.05) is 62.6 Å². The number of methoxy groups -OCH3 is 1. The van der Waals surface area contributed by atoms with Crippen LogP contribution in [0.2, 0.25) is 0 Å². The molecule has 2 aromatic carbocycles. The first-order valence-corrected chi connectivity index (χ1v) is 12.7. The normalized spacial score (nSPS) is 18.2. The molecule has 5 rings (SSSR count). The highest BCUT2D eigenvalue weighted by Gasteiger charge is 2.39. The van der Waals surface area contributed by atoms with Gasteiger partial charge in [-0.2, -0.15) is 10.2 Å². The van der Waals surface area contributed by atoms with Crippen molar-refractivity contribution in [3.63, 3.8) is 0 Å². The molecule has 2 unspecified atom stereocenters. The first-order chi connectivity index (χ1) is 18.2. The number of rotatable bonds is 6. The van der Waals surface area contributed by atoms with Gasteiger partial charge in [-0.25, -0.2) is 9.48 Å². The van der Waals surface area contributed by atoms with Crippen molar-refractivity contribution in [3.8, 4) is 16.9 Å². The van der Waals surface area contributed by atoms with Gasteiger partial charge >= 0.3 is 6.03 Å². The number of nitrogens with zero attached hydrogens (tertiary/aromatic N) is 4. The molecule has 0 spiro atoms. The fourth-order valence-corrected chi connectivity index (χ4v) is 5.38. The van der Waals surface area contributed by atoms with Crippen LogP contribution in [0.15, 0.2) is 60.9 Å². The molecule has 0 bridgehead atoms. The molecule has 38 heavy (non-hydrogen) atoms. The summed E-state index contributed by atoms with van der Waals surface area (Å²) in [6.45, 7) is 6.61. The summed E-state index contributed by atoms with van der Waals surface area (Å²) in [5.41, 5.74) is 5.98. The largest absolute Gasteiger partial charge is 0.391 e. The third kappa shape index (κ3) is 4.82. The molecule has 0 fully saturated rings. The third-order valence-electron chi connectivity index (χ3n) is 7.22. The Bertz CT molecular complexity index is 1460. The van der Waals surface area contributed by atoms with E-state index in [0.29, 0.717) is 18.8 Å². The summed E-state index contributed by atoms with van der Waals surface area (Å²) in [5, 5.41) is 26.3. The maximum absolute atomic E-state index is 13.5. The van der Waals surface area contributed by atoms with Crippen LogP contribution >= 0.6 is 0 Å². The highest BCUT2D eigenvalue weighted by Crippen LogP contribution is 2.42. The minimum Gasteiger partial charge on any atom is -0.391 e. The average Bonchev–Trinajstić information content (AvgIpc) is 3.45. The van der Waals surface area contributed by atoms with Gasteiger partial charge in [0.25, 0.3) is 0 Å². The zero-order chi connectivity index (χ0) is 27.0. The third-order valence-corrected chi connectivity index (χ3v) is 7.22. The maximum atomic E-state index is 13.5. The van der Waals surface area contributed by atoms with Crippen LogP contribution in [-0.2, 0) is 23.8 Å². The molecule has 1 aliphatic rings. The van der Waals surface area contributed by atoms with Gasteiger partial charge in [-0.15, -0.1) is 0 Å². The van der Waals surface area contributed by atoms with Crippen LogP contribution < -0.4 is 10.6 Å². The minimum atomic E-state index is -0.743. The molecule has 0 saturated carbocycles. The lowest BCUT2D eigenvalue weighted by Crippen LogP contribution is -2.45. The van der Waals surface area contributed by atoms with Gasteiger partial charge in [-0.3, -0.25) is 10.00 Å². The monoisotopic (exact) mass is 514 g/mol. The smallest absolute Gasteiger partial charge is 0.320 e. The molecule has 2 aromatic heterocycles. The van der Waals surface area contributed by atoms with Gasteiger partial charge in [-0.1, -0.05) is 50.2 Å². The van der Waals surface area contributed by atoms with Gasteiger partial charge in [0.15, 0.2) is 0 Å². The van der Waals surface area contributed by atoms with Crippen molar-refractivity contribution in [2.45, 2.75) is 51.4 Å². The van der Waals surface area contributed by atoms with Crippen molar-refractivity contribution in [2.75, 3.05) is 12.4 Å². The molecule has 198 valence electrons. The zero-order valence-corrected chi connectivity index (χ0v) is 22.4. The number of carbonyl (C=O) groups excluding carboxylic acids is 1. The topological polar surface area (TPSA) is 106 Å². The Labute approximate surface area is 222 Å². The predicted octanol–water partition coefficient (Wildman–Crippen LogP) is 4.63. The Balaban J connectivity index is 1.49. The van der Waals surface area contributed by atoms with E-state index in [9.17, 15) is 9.90 Å². The summed E-state index contributed by atoms with van der Waals surface area (Å²) in [6, 6.07) is 14.8. The number of hydrogen-bond acceptors (Lipinski definition) is 5. The molecule has 2 heterocycles. The highest BCUT2D eigenvalue weighted by molar-refractivity contribution is 5.91. The number of aliphatic hydroxyl groups is 1. The van der Waals surface area contributed by atoms with Crippen molar-refractivity contribution >= 4 is 11.8 Å². The molecular formula is C29H34N6O3. The molecule has 1 aliphatic carbocycles. The van der Waals surface area contributed by atoms with Gasteiger partial charge < -0.3 is 15.2 Å². The van der Waals surface area contributed by atoms with Crippen molar-refractivity contribution in [2.24, 2.45) is 7.05 Å². The molecule has 0 saturated heterocycles. The fraction of sp³-hybridized carbons (Fsp3) is 0.345. The number of aryl methyl sites for hydroxylation is 1. The quantitative estimate of drug-likeness (QED) is 0.348. The van der Waals surface area contributed by atoms with E-state index in [1.165, 1.54) is 0 Å². The number of aliphatic hydroxyl groups excluding tert-OH is 1. The Kier molecular flexibility index (Phi) is 6.81. The Morgan fingerprint density at radius 3 is 2.66 bits per heavy atom. The number of aromatic nitrogens is 4. The summed E-state index contributed by atoms with van der Waals surface area (Å²) in [7, 11) is 3.51. The van der Waals surface area contributed by atoms with Gasteiger partial charge in [0.2, 0.25) is 0 Å². The number of urea groups is 1. The maximum Gasteiger partial charge on any atom is 0.320 e. The van der Waals surface area contributed by atoms with E-state index in [1.54, 1.807) is 22.7 Å². The van der Waals surface area contributed by atoms with E-state index < -0.39 is 18.2 Å². The molecule has 3 N–H and O–H groups in total. The summed E-state index contributed by atoms with van der Waals surface area (Å²) < 4.78 is 8.77. The summed E-state index contributed by atoms with van der Waals surface area (Å²) in [5.74, 6) is 0.548. The van der Waals surface area contributed by atoms with Crippen molar-refractivity contribution in [1.29, 1.82) is 0 Å². The van der Waals surface area contributed by atoms with Crippen LogP contribution in [0.4, 0.5) is 10.6 Å². The van der Waals surface area contributed by atoms with E-state index in [2.05, 4.69) is 35.6 Å².